The number of amides is 1. The van der Waals surface area contributed by atoms with Crippen LogP contribution in [0.3, 0.4) is 0 Å². The number of benzene rings is 1. The smallest absolute Gasteiger partial charge is 0.232 e. The number of anilines is 1. The zero-order valence-electron chi connectivity index (χ0n) is 11.9. The first-order valence-electron chi connectivity index (χ1n) is 6.45. The van der Waals surface area contributed by atoms with Gasteiger partial charge in [-0.2, -0.15) is 0 Å². The fourth-order valence-electron chi connectivity index (χ4n) is 1.78. The molecule has 0 bridgehead atoms. The second kappa shape index (κ2) is 8.05. The topological polar surface area (TPSA) is 66.5 Å². The maximum Gasteiger partial charge on any atom is 0.232 e. The second-order valence-electron chi connectivity index (χ2n) is 4.51. The van der Waals surface area contributed by atoms with Gasteiger partial charge < -0.3 is 5.32 Å². The Kier molecular flexibility index (Phi) is 6.71. The van der Waals surface area contributed by atoms with Gasteiger partial charge in [-0.05, 0) is 24.6 Å². The van der Waals surface area contributed by atoms with E-state index in [0.29, 0.717) is 23.7 Å². The Bertz CT molecular complexity index is 602. The van der Waals surface area contributed by atoms with Crippen LogP contribution in [-0.2, 0) is 14.8 Å². The van der Waals surface area contributed by atoms with Crippen molar-refractivity contribution in [2.45, 2.75) is 12.8 Å². The minimum absolute atomic E-state index is 0.130. The summed E-state index contributed by atoms with van der Waals surface area (Å²) in [4.78, 5) is 11.5. The molecule has 0 aliphatic heterocycles. The first-order valence-corrected chi connectivity index (χ1v) is 8.68. The predicted molar refractivity (Wildman–Crippen MR) is 86.1 cm³/mol. The number of nitrogens with zero attached hydrogens (tertiary/aromatic N) is 1. The first kappa shape index (κ1) is 17.5. The molecular formula is C14H19ClN2O3S. The summed E-state index contributed by atoms with van der Waals surface area (Å²) in [5.74, 6) is -0.130. The Morgan fingerprint density at radius 2 is 2.19 bits per heavy atom. The predicted octanol–water partition coefficient (Wildman–Crippen LogP) is 2.19. The van der Waals surface area contributed by atoms with Crippen LogP contribution in [0.1, 0.15) is 12.8 Å². The normalized spacial score (nSPS) is 11.0. The van der Waals surface area contributed by atoms with Gasteiger partial charge >= 0.3 is 0 Å². The fourth-order valence-corrected chi connectivity index (χ4v) is 2.92. The van der Waals surface area contributed by atoms with Crippen LogP contribution in [0.4, 0.5) is 5.69 Å². The molecule has 0 aliphatic rings. The molecule has 0 atom stereocenters. The highest BCUT2D eigenvalue weighted by atomic mass is 35.5. The van der Waals surface area contributed by atoms with Crippen LogP contribution in [0.15, 0.2) is 36.9 Å². The molecule has 0 fully saturated rings. The Balaban J connectivity index is 2.69. The van der Waals surface area contributed by atoms with E-state index in [1.807, 2.05) is 0 Å². The Morgan fingerprint density at radius 3 is 2.76 bits per heavy atom. The maximum atomic E-state index is 11.9. The first-order chi connectivity index (χ1) is 9.84. The van der Waals surface area contributed by atoms with Crippen molar-refractivity contribution in [3.05, 3.63) is 41.9 Å². The highest BCUT2D eigenvalue weighted by Gasteiger charge is 2.17. The summed E-state index contributed by atoms with van der Waals surface area (Å²) < 4.78 is 25.0. The third kappa shape index (κ3) is 6.18. The van der Waals surface area contributed by atoms with Crippen molar-refractivity contribution in [2.24, 2.45) is 0 Å². The molecule has 7 heteroatoms. The molecule has 0 aliphatic carbocycles. The minimum atomic E-state index is -3.42. The standard InChI is InChI=1S/C14H19ClN2O3S/c1-3-9-16-14(18)8-5-10-17(21(2,19)20)13-7-4-6-12(15)11-13/h3-4,6-7,11H,1,5,8-10H2,2H3,(H,16,18). The number of hydrogen-bond donors (Lipinski definition) is 1. The van der Waals surface area contributed by atoms with Gasteiger partial charge in [0.2, 0.25) is 15.9 Å². The van der Waals surface area contributed by atoms with Gasteiger partial charge in [0.1, 0.15) is 0 Å². The summed E-state index contributed by atoms with van der Waals surface area (Å²) in [5, 5.41) is 3.11. The van der Waals surface area contributed by atoms with Gasteiger partial charge in [0.05, 0.1) is 11.9 Å². The molecule has 0 unspecified atom stereocenters. The van der Waals surface area contributed by atoms with Crippen LogP contribution in [-0.4, -0.2) is 33.7 Å². The van der Waals surface area contributed by atoms with E-state index in [1.165, 1.54) is 4.31 Å². The van der Waals surface area contributed by atoms with Crippen molar-refractivity contribution in [3.63, 3.8) is 0 Å². The van der Waals surface area contributed by atoms with Crippen molar-refractivity contribution < 1.29 is 13.2 Å². The lowest BCUT2D eigenvalue weighted by Gasteiger charge is -2.22. The van der Waals surface area contributed by atoms with Crippen molar-refractivity contribution in [3.8, 4) is 0 Å². The van der Waals surface area contributed by atoms with Crippen LogP contribution in [0.2, 0.25) is 5.02 Å². The molecule has 5 nitrogen and oxygen atoms in total. The highest BCUT2D eigenvalue weighted by molar-refractivity contribution is 7.92. The molecule has 1 aromatic carbocycles. The number of sulfonamides is 1. The number of nitrogens with one attached hydrogen (secondary N) is 1. The third-order valence-electron chi connectivity index (χ3n) is 2.71. The largest absolute Gasteiger partial charge is 0.353 e. The summed E-state index contributed by atoms with van der Waals surface area (Å²) >= 11 is 5.89. The van der Waals surface area contributed by atoms with Crippen molar-refractivity contribution in [2.75, 3.05) is 23.7 Å². The molecule has 116 valence electrons. The number of carbonyl (C=O) groups is 1. The van der Waals surface area contributed by atoms with E-state index >= 15 is 0 Å². The van der Waals surface area contributed by atoms with E-state index in [1.54, 1.807) is 30.3 Å². The van der Waals surface area contributed by atoms with E-state index in [2.05, 4.69) is 11.9 Å². The van der Waals surface area contributed by atoms with Gasteiger partial charge in [-0.15, -0.1) is 6.58 Å². The van der Waals surface area contributed by atoms with E-state index < -0.39 is 10.0 Å². The lowest BCUT2D eigenvalue weighted by Crippen LogP contribution is -2.32. The molecule has 0 radical (unpaired) electrons. The average Bonchev–Trinajstić information content (AvgIpc) is 2.39. The van der Waals surface area contributed by atoms with Crippen LogP contribution in [0.5, 0.6) is 0 Å². The zero-order chi connectivity index (χ0) is 15.9. The SMILES string of the molecule is C=CCNC(=O)CCCN(c1cccc(Cl)c1)S(C)(=O)=O. The Morgan fingerprint density at radius 1 is 1.48 bits per heavy atom. The van der Waals surface area contributed by atoms with Gasteiger partial charge in [0, 0.05) is 24.5 Å². The summed E-state index contributed by atoms with van der Waals surface area (Å²) in [5.41, 5.74) is 0.497. The monoisotopic (exact) mass is 330 g/mol. The van der Waals surface area contributed by atoms with Gasteiger partial charge in [0.25, 0.3) is 0 Å². The number of carbonyl (C=O) groups excluding carboxylic acids is 1. The minimum Gasteiger partial charge on any atom is -0.353 e. The Hall–Kier alpha value is -1.53. The van der Waals surface area contributed by atoms with E-state index in [-0.39, 0.29) is 18.9 Å². The summed E-state index contributed by atoms with van der Waals surface area (Å²) in [7, 11) is -3.42. The molecule has 0 saturated heterocycles. The van der Waals surface area contributed by atoms with Crippen molar-refractivity contribution >= 4 is 33.2 Å². The second-order valence-corrected chi connectivity index (χ2v) is 6.85. The molecule has 1 amide bonds. The lowest BCUT2D eigenvalue weighted by molar-refractivity contribution is -0.120. The number of rotatable bonds is 8. The van der Waals surface area contributed by atoms with Gasteiger partial charge in [0.15, 0.2) is 0 Å². The number of hydrogen-bond acceptors (Lipinski definition) is 3. The summed E-state index contributed by atoms with van der Waals surface area (Å²) in [6.07, 6.45) is 3.39. The molecule has 0 heterocycles. The molecule has 1 rings (SSSR count). The van der Waals surface area contributed by atoms with Gasteiger partial charge in [-0.3, -0.25) is 9.10 Å². The van der Waals surface area contributed by atoms with Crippen molar-refractivity contribution in [1.29, 1.82) is 0 Å². The van der Waals surface area contributed by atoms with E-state index in [9.17, 15) is 13.2 Å². The van der Waals surface area contributed by atoms with Gasteiger partial charge in [-0.25, -0.2) is 8.42 Å². The fraction of sp³-hybridized carbons (Fsp3) is 0.357. The van der Waals surface area contributed by atoms with E-state index in [4.69, 9.17) is 11.6 Å². The van der Waals surface area contributed by atoms with Crippen LogP contribution < -0.4 is 9.62 Å². The average molecular weight is 331 g/mol. The lowest BCUT2D eigenvalue weighted by atomic mass is 10.2. The molecular weight excluding hydrogens is 312 g/mol. The van der Waals surface area contributed by atoms with Crippen LogP contribution in [0.25, 0.3) is 0 Å². The van der Waals surface area contributed by atoms with Gasteiger partial charge in [-0.1, -0.05) is 23.7 Å². The molecule has 1 N–H and O–H groups in total. The maximum absolute atomic E-state index is 11.9. The molecule has 0 aromatic heterocycles. The molecule has 0 saturated carbocycles. The third-order valence-corrected chi connectivity index (χ3v) is 4.13. The summed E-state index contributed by atoms with van der Waals surface area (Å²) in [6.45, 7) is 4.14. The van der Waals surface area contributed by atoms with E-state index in [0.717, 1.165) is 6.26 Å². The van der Waals surface area contributed by atoms with Crippen LogP contribution >= 0.6 is 11.6 Å². The Labute approximate surface area is 130 Å². The number of halogens is 1. The molecule has 0 spiro atoms. The summed E-state index contributed by atoms with van der Waals surface area (Å²) in [6, 6.07) is 6.62. The quantitative estimate of drug-likeness (QED) is 0.743. The molecule has 1 aromatic rings. The highest BCUT2D eigenvalue weighted by Crippen LogP contribution is 2.22. The zero-order valence-corrected chi connectivity index (χ0v) is 13.5. The van der Waals surface area contributed by atoms with Crippen LogP contribution in [0, 0.1) is 0 Å². The molecule has 21 heavy (non-hydrogen) atoms. The van der Waals surface area contributed by atoms with Crippen molar-refractivity contribution in [1.82, 2.24) is 5.32 Å².